The van der Waals surface area contributed by atoms with E-state index < -0.39 is 0 Å². The second-order valence-corrected chi connectivity index (χ2v) is 2.83. The summed E-state index contributed by atoms with van der Waals surface area (Å²) in [6.07, 6.45) is 1.68. The molecule has 13 heavy (non-hydrogen) atoms. The number of aromatic nitrogens is 3. The van der Waals surface area contributed by atoms with Crippen LogP contribution in [0.2, 0.25) is 0 Å². The normalized spacial score (nSPS) is 17.8. The van der Waals surface area contributed by atoms with Crippen molar-refractivity contribution in [2.75, 3.05) is 19.8 Å². The number of hydrogen-bond donors (Lipinski definition) is 1. The zero-order chi connectivity index (χ0) is 9.10. The van der Waals surface area contributed by atoms with E-state index in [1.165, 1.54) is 0 Å². The van der Waals surface area contributed by atoms with Gasteiger partial charge >= 0.3 is 0 Å². The molecule has 0 saturated carbocycles. The summed E-state index contributed by atoms with van der Waals surface area (Å²) in [4.78, 5) is 13.0. The van der Waals surface area contributed by atoms with E-state index in [0.29, 0.717) is 19.7 Å². The lowest BCUT2D eigenvalue weighted by Crippen LogP contribution is -2.41. The predicted molar refractivity (Wildman–Crippen MR) is 42.6 cm³/mol. The topological polar surface area (TPSA) is 71.1 Å². The standard InChI is InChI=1S/C7H10N4O2/c12-7-5-13-2-1-11(7)4-6-3-8-10-9-6/h3H,1-2,4-5H2,(H,8,9,10). The number of amides is 1. The molecule has 0 aliphatic carbocycles. The first-order valence-electron chi connectivity index (χ1n) is 4.07. The Morgan fingerprint density at radius 2 is 2.62 bits per heavy atom. The van der Waals surface area contributed by atoms with Crippen molar-refractivity contribution in [3.8, 4) is 0 Å². The minimum absolute atomic E-state index is 0.00856. The summed E-state index contributed by atoms with van der Waals surface area (Å²) in [5.41, 5.74) is 0.773. The third-order valence-corrected chi connectivity index (χ3v) is 1.90. The van der Waals surface area contributed by atoms with E-state index >= 15 is 0 Å². The Kier molecular flexibility index (Phi) is 2.22. The van der Waals surface area contributed by atoms with Gasteiger partial charge in [-0.15, -0.1) is 5.10 Å². The monoisotopic (exact) mass is 182 g/mol. The van der Waals surface area contributed by atoms with Crippen molar-refractivity contribution >= 4 is 5.91 Å². The third-order valence-electron chi connectivity index (χ3n) is 1.90. The Hall–Kier alpha value is -1.43. The fourth-order valence-corrected chi connectivity index (χ4v) is 1.22. The summed E-state index contributed by atoms with van der Waals surface area (Å²) in [6.45, 7) is 1.92. The Morgan fingerprint density at radius 1 is 1.69 bits per heavy atom. The molecule has 1 aliphatic rings. The maximum absolute atomic E-state index is 11.3. The van der Waals surface area contributed by atoms with Gasteiger partial charge in [0.15, 0.2) is 0 Å². The molecular weight excluding hydrogens is 172 g/mol. The largest absolute Gasteiger partial charge is 0.370 e. The number of ether oxygens (including phenoxy) is 1. The van der Waals surface area contributed by atoms with E-state index in [1.54, 1.807) is 11.1 Å². The van der Waals surface area contributed by atoms with Gasteiger partial charge in [-0.3, -0.25) is 9.89 Å². The summed E-state index contributed by atoms with van der Waals surface area (Å²) in [6, 6.07) is 0. The molecule has 6 nitrogen and oxygen atoms in total. The summed E-state index contributed by atoms with van der Waals surface area (Å²) in [5, 5.41) is 9.98. The number of H-pyrrole nitrogens is 1. The van der Waals surface area contributed by atoms with Crippen LogP contribution in [0.25, 0.3) is 0 Å². The van der Waals surface area contributed by atoms with E-state index in [9.17, 15) is 4.79 Å². The van der Waals surface area contributed by atoms with Gasteiger partial charge in [0, 0.05) is 12.7 Å². The molecule has 1 aromatic rings. The van der Waals surface area contributed by atoms with Crippen molar-refractivity contribution in [3.63, 3.8) is 0 Å². The molecule has 70 valence electrons. The van der Waals surface area contributed by atoms with E-state index in [0.717, 1.165) is 5.69 Å². The van der Waals surface area contributed by atoms with Crippen LogP contribution >= 0.6 is 0 Å². The molecule has 2 rings (SSSR count). The number of carbonyl (C=O) groups is 1. The van der Waals surface area contributed by atoms with Crippen molar-refractivity contribution in [2.45, 2.75) is 6.54 Å². The molecule has 0 bridgehead atoms. The molecule has 1 amide bonds. The highest BCUT2D eigenvalue weighted by molar-refractivity contribution is 5.77. The molecule has 0 atom stereocenters. The maximum atomic E-state index is 11.3. The van der Waals surface area contributed by atoms with E-state index in [4.69, 9.17) is 4.74 Å². The van der Waals surface area contributed by atoms with Crippen LogP contribution in [0.1, 0.15) is 5.69 Å². The number of carbonyl (C=O) groups excluding carboxylic acids is 1. The summed E-state index contributed by atoms with van der Waals surface area (Å²) in [7, 11) is 0. The molecule has 1 saturated heterocycles. The van der Waals surface area contributed by atoms with E-state index in [-0.39, 0.29) is 12.5 Å². The Labute approximate surface area is 74.9 Å². The predicted octanol–water partition coefficient (Wildman–Crippen LogP) is -0.837. The SMILES string of the molecule is O=C1COCCN1Cc1c[nH]nn1. The lowest BCUT2D eigenvalue weighted by atomic mass is 10.3. The average molecular weight is 182 g/mol. The maximum Gasteiger partial charge on any atom is 0.249 e. The third kappa shape index (κ3) is 1.83. The number of nitrogens with zero attached hydrogens (tertiary/aromatic N) is 3. The van der Waals surface area contributed by atoms with E-state index in [2.05, 4.69) is 15.4 Å². The molecule has 0 radical (unpaired) electrons. The highest BCUT2D eigenvalue weighted by Crippen LogP contribution is 2.03. The fourth-order valence-electron chi connectivity index (χ4n) is 1.22. The second kappa shape index (κ2) is 3.53. The van der Waals surface area contributed by atoms with Crippen LogP contribution < -0.4 is 0 Å². The minimum atomic E-state index is 0.00856. The number of hydrogen-bond acceptors (Lipinski definition) is 4. The number of rotatable bonds is 2. The zero-order valence-electron chi connectivity index (χ0n) is 7.06. The molecule has 0 unspecified atom stereocenters. The summed E-state index contributed by atoms with van der Waals surface area (Å²) >= 11 is 0. The number of morpholine rings is 1. The summed E-state index contributed by atoms with van der Waals surface area (Å²) in [5.74, 6) is 0.00856. The first kappa shape index (κ1) is 8.18. The van der Waals surface area contributed by atoms with Gasteiger partial charge in [0.1, 0.15) is 12.3 Å². The Morgan fingerprint density at radius 3 is 3.31 bits per heavy atom. The van der Waals surface area contributed by atoms with Crippen LogP contribution in [0.3, 0.4) is 0 Å². The van der Waals surface area contributed by atoms with Crippen LogP contribution in [-0.2, 0) is 16.1 Å². The van der Waals surface area contributed by atoms with Gasteiger partial charge in [-0.05, 0) is 0 Å². The molecule has 6 heteroatoms. The molecule has 1 N–H and O–H groups in total. The van der Waals surface area contributed by atoms with Crippen LogP contribution in [-0.4, -0.2) is 46.0 Å². The highest BCUT2D eigenvalue weighted by Gasteiger charge is 2.19. The van der Waals surface area contributed by atoms with Crippen molar-refractivity contribution in [2.24, 2.45) is 0 Å². The zero-order valence-corrected chi connectivity index (χ0v) is 7.06. The molecule has 1 fully saturated rings. The summed E-state index contributed by atoms with van der Waals surface area (Å²) < 4.78 is 5.00. The lowest BCUT2D eigenvalue weighted by Gasteiger charge is -2.25. The number of aromatic amines is 1. The average Bonchev–Trinajstić information content (AvgIpc) is 2.61. The number of nitrogens with one attached hydrogen (secondary N) is 1. The smallest absolute Gasteiger partial charge is 0.249 e. The first-order chi connectivity index (χ1) is 6.36. The van der Waals surface area contributed by atoms with Crippen molar-refractivity contribution in [3.05, 3.63) is 11.9 Å². The van der Waals surface area contributed by atoms with E-state index in [1.807, 2.05) is 0 Å². The molecular formula is C7H10N4O2. The first-order valence-corrected chi connectivity index (χ1v) is 4.07. The van der Waals surface area contributed by atoms with Gasteiger partial charge in [-0.25, -0.2) is 0 Å². The van der Waals surface area contributed by atoms with Crippen LogP contribution in [0.15, 0.2) is 6.20 Å². The molecule has 0 spiro atoms. The van der Waals surface area contributed by atoms with Crippen molar-refractivity contribution < 1.29 is 9.53 Å². The second-order valence-electron chi connectivity index (χ2n) is 2.83. The quantitative estimate of drug-likeness (QED) is 0.647. The van der Waals surface area contributed by atoms with Crippen LogP contribution in [0.5, 0.6) is 0 Å². The van der Waals surface area contributed by atoms with Gasteiger partial charge < -0.3 is 9.64 Å². The van der Waals surface area contributed by atoms with Crippen molar-refractivity contribution in [1.29, 1.82) is 0 Å². The Bertz CT molecular complexity index is 285. The highest BCUT2D eigenvalue weighted by atomic mass is 16.5. The molecule has 1 aliphatic heterocycles. The lowest BCUT2D eigenvalue weighted by molar-refractivity contribution is -0.143. The molecule has 0 aromatic carbocycles. The van der Waals surface area contributed by atoms with Gasteiger partial charge in [0.05, 0.1) is 13.2 Å². The van der Waals surface area contributed by atoms with Crippen LogP contribution in [0, 0.1) is 0 Å². The molecule has 1 aromatic heterocycles. The van der Waals surface area contributed by atoms with Crippen LogP contribution in [0.4, 0.5) is 0 Å². The fraction of sp³-hybridized carbons (Fsp3) is 0.571. The molecule has 2 heterocycles. The van der Waals surface area contributed by atoms with Gasteiger partial charge in [-0.2, -0.15) is 0 Å². The van der Waals surface area contributed by atoms with Crippen molar-refractivity contribution in [1.82, 2.24) is 20.3 Å². The Balaban J connectivity index is 1.97. The van der Waals surface area contributed by atoms with Gasteiger partial charge in [0.2, 0.25) is 5.91 Å². The van der Waals surface area contributed by atoms with Gasteiger partial charge in [-0.1, -0.05) is 5.21 Å². The minimum Gasteiger partial charge on any atom is -0.370 e. The van der Waals surface area contributed by atoms with Gasteiger partial charge in [0.25, 0.3) is 0 Å².